The first kappa shape index (κ1) is 16.1. The molecule has 8 heteroatoms. The average molecular weight is 337 g/mol. The second-order valence-electron chi connectivity index (χ2n) is 5.51. The van der Waals surface area contributed by atoms with Crippen molar-refractivity contribution < 1.29 is 14.9 Å². The van der Waals surface area contributed by atoms with Gasteiger partial charge in [0, 0.05) is 23.1 Å². The zero-order valence-corrected chi connectivity index (χ0v) is 13.5. The van der Waals surface area contributed by atoms with Gasteiger partial charge in [0.2, 0.25) is 0 Å². The second kappa shape index (κ2) is 6.79. The minimum Gasteiger partial charge on any atom is -0.394 e. The van der Waals surface area contributed by atoms with Crippen molar-refractivity contribution >= 4 is 17.2 Å². The highest BCUT2D eigenvalue weighted by Crippen LogP contribution is 2.28. The molecule has 3 heterocycles. The zero-order valence-electron chi connectivity index (χ0n) is 12.7. The number of nitrogens with zero attached hydrogens (tertiary/aromatic N) is 2. The van der Waals surface area contributed by atoms with Crippen molar-refractivity contribution in [2.45, 2.75) is 38.3 Å². The summed E-state index contributed by atoms with van der Waals surface area (Å²) in [6.45, 7) is 2.19. The fourth-order valence-electron chi connectivity index (χ4n) is 2.59. The SMILES string of the molecule is Cc1cn([C@@H]2C[C@H](O)[C@H](CO)O2)c(=O)nc1NCc1cccs1. The van der Waals surface area contributed by atoms with E-state index in [1.54, 1.807) is 17.5 Å². The number of nitrogens with one attached hydrogen (secondary N) is 1. The van der Waals surface area contributed by atoms with Crippen LogP contribution in [-0.2, 0) is 11.3 Å². The Hall–Kier alpha value is -1.74. The molecule has 2 aromatic heterocycles. The molecular formula is C15H19N3O4S. The van der Waals surface area contributed by atoms with Crippen molar-refractivity contribution in [2.24, 2.45) is 0 Å². The Bertz CT molecular complexity index is 716. The molecule has 0 bridgehead atoms. The van der Waals surface area contributed by atoms with E-state index in [0.29, 0.717) is 12.4 Å². The molecule has 1 saturated heterocycles. The van der Waals surface area contributed by atoms with Gasteiger partial charge in [-0.3, -0.25) is 4.57 Å². The van der Waals surface area contributed by atoms with Gasteiger partial charge < -0.3 is 20.3 Å². The Morgan fingerprint density at radius 2 is 2.39 bits per heavy atom. The molecule has 1 aliphatic heterocycles. The van der Waals surface area contributed by atoms with Gasteiger partial charge in [0.1, 0.15) is 18.1 Å². The Kier molecular flexibility index (Phi) is 4.76. The lowest BCUT2D eigenvalue weighted by Crippen LogP contribution is -2.29. The third-order valence-corrected chi connectivity index (χ3v) is 4.72. The van der Waals surface area contributed by atoms with Crippen LogP contribution in [0.15, 0.2) is 28.5 Å². The smallest absolute Gasteiger partial charge is 0.351 e. The molecule has 23 heavy (non-hydrogen) atoms. The molecular weight excluding hydrogens is 318 g/mol. The number of aliphatic hydroxyl groups is 2. The molecule has 0 spiro atoms. The monoisotopic (exact) mass is 337 g/mol. The first-order chi connectivity index (χ1) is 11.1. The highest BCUT2D eigenvalue weighted by Gasteiger charge is 2.35. The van der Waals surface area contributed by atoms with Gasteiger partial charge in [-0.1, -0.05) is 6.07 Å². The number of hydrogen-bond acceptors (Lipinski definition) is 7. The maximum atomic E-state index is 12.2. The summed E-state index contributed by atoms with van der Waals surface area (Å²) in [4.78, 5) is 17.5. The van der Waals surface area contributed by atoms with Crippen LogP contribution in [-0.4, -0.2) is 38.6 Å². The first-order valence-electron chi connectivity index (χ1n) is 7.39. The van der Waals surface area contributed by atoms with Gasteiger partial charge in [-0.05, 0) is 18.4 Å². The van der Waals surface area contributed by atoms with Crippen LogP contribution in [0.3, 0.4) is 0 Å². The van der Waals surface area contributed by atoms with E-state index in [1.807, 2.05) is 24.4 Å². The lowest BCUT2D eigenvalue weighted by atomic mass is 10.2. The third-order valence-electron chi connectivity index (χ3n) is 3.84. The van der Waals surface area contributed by atoms with Crippen molar-refractivity contribution in [3.8, 4) is 0 Å². The van der Waals surface area contributed by atoms with Crippen LogP contribution in [0.2, 0.25) is 0 Å². The number of anilines is 1. The quantitative estimate of drug-likeness (QED) is 0.749. The average Bonchev–Trinajstić information content (AvgIpc) is 3.17. The highest BCUT2D eigenvalue weighted by atomic mass is 32.1. The fraction of sp³-hybridized carbons (Fsp3) is 0.467. The van der Waals surface area contributed by atoms with Gasteiger partial charge in [0.25, 0.3) is 0 Å². The van der Waals surface area contributed by atoms with Crippen LogP contribution < -0.4 is 11.0 Å². The molecule has 0 saturated carbocycles. The van der Waals surface area contributed by atoms with E-state index < -0.39 is 24.1 Å². The third kappa shape index (κ3) is 3.45. The van der Waals surface area contributed by atoms with E-state index in [-0.39, 0.29) is 13.0 Å². The predicted molar refractivity (Wildman–Crippen MR) is 86.5 cm³/mol. The summed E-state index contributed by atoms with van der Waals surface area (Å²) in [7, 11) is 0. The van der Waals surface area contributed by atoms with Crippen LogP contribution in [0, 0.1) is 6.92 Å². The first-order valence-corrected chi connectivity index (χ1v) is 8.27. The molecule has 0 aliphatic carbocycles. The maximum absolute atomic E-state index is 12.2. The van der Waals surface area contributed by atoms with Gasteiger partial charge in [0.05, 0.1) is 19.3 Å². The molecule has 0 amide bonds. The molecule has 0 aromatic carbocycles. The van der Waals surface area contributed by atoms with Crippen molar-refractivity contribution in [3.63, 3.8) is 0 Å². The van der Waals surface area contributed by atoms with Crippen molar-refractivity contribution in [1.29, 1.82) is 0 Å². The highest BCUT2D eigenvalue weighted by molar-refractivity contribution is 7.09. The summed E-state index contributed by atoms with van der Waals surface area (Å²) in [5.41, 5.74) is 0.367. The van der Waals surface area contributed by atoms with Crippen LogP contribution in [0.5, 0.6) is 0 Å². The standard InChI is InChI=1S/C15H19N3O4S/c1-9-7-18(13-5-11(20)12(8-19)22-13)15(21)17-14(9)16-6-10-3-2-4-23-10/h2-4,7,11-13,19-20H,5-6,8H2,1H3,(H,16,17,21)/t11-,12-,13-/m0/s1. The Morgan fingerprint density at radius 3 is 3.04 bits per heavy atom. The van der Waals surface area contributed by atoms with Crippen LogP contribution in [0.25, 0.3) is 0 Å². The van der Waals surface area contributed by atoms with E-state index in [2.05, 4.69) is 10.3 Å². The number of thiophene rings is 1. The van der Waals surface area contributed by atoms with Crippen molar-refractivity contribution in [2.75, 3.05) is 11.9 Å². The van der Waals surface area contributed by atoms with E-state index in [0.717, 1.165) is 10.4 Å². The molecule has 0 radical (unpaired) electrons. The molecule has 0 unspecified atom stereocenters. The van der Waals surface area contributed by atoms with Crippen molar-refractivity contribution in [3.05, 3.63) is 44.6 Å². The summed E-state index contributed by atoms with van der Waals surface area (Å²) < 4.78 is 6.87. The number of hydrogen-bond donors (Lipinski definition) is 3. The summed E-state index contributed by atoms with van der Waals surface area (Å²) in [6.07, 6.45) is -0.123. The molecule has 3 N–H and O–H groups in total. The van der Waals surface area contributed by atoms with Crippen LogP contribution in [0.4, 0.5) is 5.82 Å². The molecule has 124 valence electrons. The lowest BCUT2D eigenvalue weighted by Gasteiger charge is -2.16. The van der Waals surface area contributed by atoms with Gasteiger partial charge in [0.15, 0.2) is 0 Å². The number of rotatable bonds is 5. The van der Waals surface area contributed by atoms with E-state index in [9.17, 15) is 9.90 Å². The Balaban J connectivity index is 1.76. The molecule has 7 nitrogen and oxygen atoms in total. The van der Waals surface area contributed by atoms with E-state index in [1.165, 1.54) is 4.57 Å². The van der Waals surface area contributed by atoms with E-state index in [4.69, 9.17) is 9.84 Å². The maximum Gasteiger partial charge on any atom is 0.351 e. The van der Waals surface area contributed by atoms with Crippen molar-refractivity contribution in [1.82, 2.24) is 9.55 Å². The van der Waals surface area contributed by atoms with Gasteiger partial charge in [-0.2, -0.15) is 4.98 Å². The molecule has 1 fully saturated rings. The Morgan fingerprint density at radius 1 is 1.57 bits per heavy atom. The second-order valence-corrected chi connectivity index (χ2v) is 6.54. The molecule has 3 atom stereocenters. The zero-order chi connectivity index (χ0) is 16.4. The topological polar surface area (TPSA) is 96.6 Å². The minimum atomic E-state index is -0.783. The Labute approximate surface area is 137 Å². The number of aryl methyl sites for hydroxylation is 1. The number of aromatic nitrogens is 2. The molecule has 2 aromatic rings. The normalized spacial score (nSPS) is 24.0. The minimum absolute atomic E-state index is 0.258. The summed E-state index contributed by atoms with van der Waals surface area (Å²) in [5, 5.41) is 24.1. The summed E-state index contributed by atoms with van der Waals surface area (Å²) >= 11 is 1.63. The van der Waals surface area contributed by atoms with E-state index >= 15 is 0 Å². The largest absolute Gasteiger partial charge is 0.394 e. The fourth-order valence-corrected chi connectivity index (χ4v) is 3.23. The molecule has 1 aliphatic rings. The number of ether oxygens (including phenoxy) is 1. The summed E-state index contributed by atoms with van der Waals surface area (Å²) in [5.74, 6) is 0.539. The van der Waals surface area contributed by atoms with Gasteiger partial charge >= 0.3 is 5.69 Å². The number of aliphatic hydroxyl groups excluding tert-OH is 2. The summed E-state index contributed by atoms with van der Waals surface area (Å²) in [6, 6.07) is 3.98. The predicted octanol–water partition coefficient (Wildman–Crippen LogP) is 0.866. The van der Waals surface area contributed by atoms with Crippen LogP contribution >= 0.6 is 11.3 Å². The van der Waals surface area contributed by atoms with Gasteiger partial charge in [-0.25, -0.2) is 4.79 Å². The lowest BCUT2D eigenvalue weighted by molar-refractivity contribution is -0.0459. The van der Waals surface area contributed by atoms with Crippen LogP contribution in [0.1, 0.15) is 23.1 Å². The molecule has 3 rings (SSSR count). The van der Waals surface area contributed by atoms with Gasteiger partial charge in [-0.15, -0.1) is 11.3 Å².